The summed E-state index contributed by atoms with van der Waals surface area (Å²) in [6.45, 7) is 7.64. The number of benzene rings is 2. The fraction of sp³-hybridized carbons (Fsp3) is 0.353. The minimum Gasteiger partial charge on any atom is -0.445 e. The molecule has 0 saturated carbocycles. The Bertz CT molecular complexity index is 621. The van der Waals surface area contributed by atoms with Crippen LogP contribution in [0.15, 0.2) is 36.4 Å². The number of fused-ring (bicyclic) bond motifs is 1. The predicted octanol–water partition coefficient (Wildman–Crippen LogP) is 3.28. The first-order chi connectivity index (χ1) is 10.1. The Balaban J connectivity index is 2.17. The molecular formula is C17H22N2O2. The van der Waals surface area contributed by atoms with Crippen LogP contribution in [0.4, 0.5) is 4.79 Å². The first-order valence-corrected chi connectivity index (χ1v) is 7.28. The van der Waals surface area contributed by atoms with Crippen LogP contribution in [0, 0.1) is 0 Å². The smallest absolute Gasteiger partial charge is 0.404 e. The molecule has 21 heavy (non-hydrogen) atoms. The van der Waals surface area contributed by atoms with Crippen molar-refractivity contribution in [3.05, 3.63) is 47.5 Å². The lowest BCUT2D eigenvalue weighted by Gasteiger charge is -2.18. The van der Waals surface area contributed by atoms with Gasteiger partial charge in [-0.25, -0.2) is 4.79 Å². The van der Waals surface area contributed by atoms with Gasteiger partial charge in [-0.2, -0.15) is 0 Å². The van der Waals surface area contributed by atoms with Gasteiger partial charge in [0.2, 0.25) is 0 Å². The number of ether oxygens (including phenoxy) is 1. The lowest BCUT2D eigenvalue weighted by Crippen LogP contribution is -2.21. The summed E-state index contributed by atoms with van der Waals surface area (Å²) in [4.78, 5) is 13.0. The molecule has 2 rings (SSSR count). The van der Waals surface area contributed by atoms with Crippen molar-refractivity contribution < 1.29 is 9.53 Å². The number of primary amides is 1. The fourth-order valence-electron chi connectivity index (χ4n) is 2.39. The van der Waals surface area contributed by atoms with Crippen LogP contribution in [0.25, 0.3) is 10.8 Å². The van der Waals surface area contributed by atoms with E-state index in [2.05, 4.69) is 43.0 Å². The van der Waals surface area contributed by atoms with Gasteiger partial charge in [-0.1, -0.05) is 38.1 Å². The third-order valence-corrected chi connectivity index (χ3v) is 3.65. The molecule has 0 aliphatic heterocycles. The summed E-state index contributed by atoms with van der Waals surface area (Å²) in [7, 11) is 0. The minimum absolute atomic E-state index is 0.215. The maximum atomic E-state index is 10.6. The van der Waals surface area contributed by atoms with Crippen molar-refractivity contribution in [2.75, 3.05) is 13.1 Å². The Morgan fingerprint density at radius 1 is 1.05 bits per heavy atom. The predicted molar refractivity (Wildman–Crippen MR) is 84.9 cm³/mol. The Morgan fingerprint density at radius 2 is 1.62 bits per heavy atom. The number of carbonyl (C=O) groups is 1. The summed E-state index contributed by atoms with van der Waals surface area (Å²) >= 11 is 0. The zero-order chi connectivity index (χ0) is 15.2. The Labute approximate surface area is 125 Å². The van der Waals surface area contributed by atoms with Gasteiger partial charge in [0.15, 0.2) is 0 Å². The highest BCUT2D eigenvalue weighted by Crippen LogP contribution is 2.19. The molecule has 1 amide bonds. The number of hydrogen-bond acceptors (Lipinski definition) is 3. The molecule has 2 aromatic carbocycles. The van der Waals surface area contributed by atoms with E-state index in [1.807, 2.05) is 12.1 Å². The van der Waals surface area contributed by atoms with Gasteiger partial charge in [0.1, 0.15) is 6.61 Å². The molecule has 0 spiro atoms. The van der Waals surface area contributed by atoms with Crippen molar-refractivity contribution in [2.45, 2.75) is 27.0 Å². The standard InChI is InChI=1S/C17H22N2O2/c1-3-19(4-2)11-13-5-7-16-10-14(12-21-17(18)20)6-8-15(16)9-13/h5-10H,3-4,11-12H2,1-2H3,(H2,18,20). The van der Waals surface area contributed by atoms with Gasteiger partial charge in [-0.05, 0) is 47.1 Å². The Morgan fingerprint density at radius 3 is 2.19 bits per heavy atom. The summed E-state index contributed by atoms with van der Waals surface area (Å²) in [6.07, 6.45) is -0.746. The average molecular weight is 286 g/mol. The van der Waals surface area contributed by atoms with Gasteiger partial charge in [-0.15, -0.1) is 0 Å². The van der Waals surface area contributed by atoms with Crippen LogP contribution in [0.3, 0.4) is 0 Å². The molecule has 0 fully saturated rings. The Hall–Kier alpha value is -2.07. The highest BCUT2D eigenvalue weighted by atomic mass is 16.5. The maximum Gasteiger partial charge on any atom is 0.404 e. The first-order valence-electron chi connectivity index (χ1n) is 7.28. The first kappa shape index (κ1) is 15.3. The van der Waals surface area contributed by atoms with E-state index in [0.29, 0.717) is 0 Å². The highest BCUT2D eigenvalue weighted by molar-refractivity contribution is 5.83. The molecule has 0 radical (unpaired) electrons. The van der Waals surface area contributed by atoms with Gasteiger partial charge in [0.05, 0.1) is 0 Å². The van der Waals surface area contributed by atoms with Crippen molar-refractivity contribution in [1.29, 1.82) is 0 Å². The number of carbonyl (C=O) groups excluding carboxylic acids is 1. The van der Waals surface area contributed by atoms with E-state index in [1.54, 1.807) is 0 Å². The number of rotatable bonds is 6. The second kappa shape index (κ2) is 7.09. The van der Waals surface area contributed by atoms with E-state index in [0.717, 1.165) is 30.6 Å². The molecule has 0 atom stereocenters. The van der Waals surface area contributed by atoms with Crippen molar-refractivity contribution in [1.82, 2.24) is 4.90 Å². The van der Waals surface area contributed by atoms with Gasteiger partial charge in [0.25, 0.3) is 0 Å². The average Bonchev–Trinajstić information content (AvgIpc) is 2.50. The largest absolute Gasteiger partial charge is 0.445 e. The molecule has 4 nitrogen and oxygen atoms in total. The van der Waals surface area contributed by atoms with Crippen LogP contribution in [-0.2, 0) is 17.9 Å². The number of nitrogens with zero attached hydrogens (tertiary/aromatic N) is 1. The van der Waals surface area contributed by atoms with E-state index in [4.69, 9.17) is 10.5 Å². The van der Waals surface area contributed by atoms with Gasteiger partial charge in [-0.3, -0.25) is 4.90 Å². The molecule has 0 heterocycles. The lowest BCUT2D eigenvalue weighted by molar-refractivity contribution is 0.150. The van der Waals surface area contributed by atoms with Crippen LogP contribution >= 0.6 is 0 Å². The molecule has 0 aliphatic carbocycles. The summed E-state index contributed by atoms with van der Waals surface area (Å²) in [5.41, 5.74) is 7.23. The summed E-state index contributed by atoms with van der Waals surface area (Å²) in [6, 6.07) is 12.5. The van der Waals surface area contributed by atoms with E-state index < -0.39 is 6.09 Å². The topological polar surface area (TPSA) is 55.6 Å². The molecule has 4 heteroatoms. The van der Waals surface area contributed by atoms with Crippen LogP contribution in [0.1, 0.15) is 25.0 Å². The van der Waals surface area contributed by atoms with E-state index >= 15 is 0 Å². The van der Waals surface area contributed by atoms with Gasteiger partial charge >= 0.3 is 6.09 Å². The van der Waals surface area contributed by atoms with Crippen LogP contribution < -0.4 is 5.73 Å². The normalized spacial score (nSPS) is 11.0. The molecule has 0 saturated heterocycles. The van der Waals surface area contributed by atoms with Crippen molar-refractivity contribution in [3.8, 4) is 0 Å². The monoisotopic (exact) mass is 286 g/mol. The van der Waals surface area contributed by atoms with Crippen molar-refractivity contribution in [2.24, 2.45) is 5.73 Å². The van der Waals surface area contributed by atoms with Gasteiger partial charge in [0, 0.05) is 6.54 Å². The van der Waals surface area contributed by atoms with Crippen molar-refractivity contribution >= 4 is 16.9 Å². The summed E-state index contributed by atoms with van der Waals surface area (Å²) < 4.78 is 4.81. The third kappa shape index (κ3) is 4.20. The highest BCUT2D eigenvalue weighted by Gasteiger charge is 2.04. The molecule has 0 unspecified atom stereocenters. The number of nitrogens with two attached hydrogens (primary N) is 1. The number of amides is 1. The van der Waals surface area contributed by atoms with Gasteiger partial charge < -0.3 is 10.5 Å². The fourth-order valence-corrected chi connectivity index (χ4v) is 2.39. The SMILES string of the molecule is CCN(CC)Cc1ccc2cc(COC(N)=O)ccc2c1. The van der Waals surface area contributed by atoms with Crippen LogP contribution in [0.5, 0.6) is 0 Å². The molecule has 2 N–H and O–H groups in total. The second-order valence-electron chi connectivity index (χ2n) is 5.08. The molecular weight excluding hydrogens is 264 g/mol. The number of hydrogen-bond donors (Lipinski definition) is 1. The van der Waals surface area contributed by atoms with E-state index in [9.17, 15) is 4.79 Å². The molecule has 0 aromatic heterocycles. The molecule has 2 aromatic rings. The quantitative estimate of drug-likeness (QED) is 0.886. The Kier molecular flexibility index (Phi) is 5.17. The van der Waals surface area contributed by atoms with E-state index in [1.165, 1.54) is 10.9 Å². The maximum absolute atomic E-state index is 10.6. The van der Waals surface area contributed by atoms with E-state index in [-0.39, 0.29) is 6.61 Å². The summed E-state index contributed by atoms with van der Waals surface area (Å²) in [5, 5.41) is 2.34. The summed E-state index contributed by atoms with van der Waals surface area (Å²) in [5.74, 6) is 0. The third-order valence-electron chi connectivity index (χ3n) is 3.65. The second-order valence-corrected chi connectivity index (χ2v) is 5.08. The molecule has 112 valence electrons. The minimum atomic E-state index is -0.746. The van der Waals surface area contributed by atoms with Crippen molar-refractivity contribution in [3.63, 3.8) is 0 Å². The molecule has 0 aliphatic rings. The van der Waals surface area contributed by atoms with Crippen LogP contribution in [-0.4, -0.2) is 24.1 Å². The zero-order valence-corrected chi connectivity index (χ0v) is 12.6. The van der Waals surface area contributed by atoms with Crippen LogP contribution in [0.2, 0.25) is 0 Å². The molecule has 0 bridgehead atoms. The lowest BCUT2D eigenvalue weighted by atomic mass is 10.0. The zero-order valence-electron chi connectivity index (χ0n) is 12.6.